The molecule has 2 amide bonds. The summed E-state index contributed by atoms with van der Waals surface area (Å²) in [5.41, 5.74) is 2.33. The van der Waals surface area contributed by atoms with Crippen LogP contribution < -0.4 is 0 Å². The van der Waals surface area contributed by atoms with Gasteiger partial charge in [-0.2, -0.15) is 0 Å². The molecule has 0 N–H and O–H groups in total. The minimum Gasteiger partial charge on any atom is -0.314 e. The molecule has 1 fully saturated rings. The first-order valence-corrected chi connectivity index (χ1v) is 7.53. The van der Waals surface area contributed by atoms with Crippen molar-refractivity contribution in [1.29, 1.82) is 0 Å². The quantitative estimate of drug-likeness (QED) is 0.811. The van der Waals surface area contributed by atoms with Crippen molar-refractivity contribution < 1.29 is 9.59 Å². The van der Waals surface area contributed by atoms with Crippen molar-refractivity contribution >= 4 is 11.8 Å². The maximum Gasteiger partial charge on any atom is 0.256 e. The van der Waals surface area contributed by atoms with E-state index in [0.717, 1.165) is 17.5 Å². The molecular weight excluding hydrogens is 276 g/mol. The highest BCUT2D eigenvalue weighted by molar-refractivity contribution is 6.01. The summed E-state index contributed by atoms with van der Waals surface area (Å²) in [5, 5.41) is 0. The van der Waals surface area contributed by atoms with Crippen molar-refractivity contribution in [3.63, 3.8) is 0 Å². The van der Waals surface area contributed by atoms with Gasteiger partial charge in [0.15, 0.2) is 0 Å². The van der Waals surface area contributed by atoms with Crippen LogP contribution in [-0.2, 0) is 0 Å². The third-order valence-electron chi connectivity index (χ3n) is 4.40. The lowest BCUT2D eigenvalue weighted by Gasteiger charge is -2.40. The van der Waals surface area contributed by atoms with Gasteiger partial charge in [0.25, 0.3) is 11.8 Å². The van der Waals surface area contributed by atoms with Crippen LogP contribution in [0.15, 0.2) is 54.6 Å². The van der Waals surface area contributed by atoms with Crippen LogP contribution in [0.3, 0.4) is 0 Å². The average Bonchev–Trinajstić information content (AvgIpc) is 2.89. The molecule has 2 heterocycles. The lowest BCUT2D eigenvalue weighted by molar-refractivity contribution is 0.0164. The number of fused-ring (bicyclic) bond motifs is 3. The van der Waals surface area contributed by atoms with E-state index in [2.05, 4.69) is 0 Å². The van der Waals surface area contributed by atoms with E-state index in [1.807, 2.05) is 64.4 Å². The predicted octanol–water partition coefficient (Wildman–Crippen LogP) is 2.69. The summed E-state index contributed by atoms with van der Waals surface area (Å²) >= 11 is 0. The number of rotatable bonds is 1. The Morgan fingerprint density at radius 3 is 2.50 bits per heavy atom. The van der Waals surface area contributed by atoms with Crippen molar-refractivity contribution in [2.24, 2.45) is 0 Å². The Balaban J connectivity index is 1.76. The van der Waals surface area contributed by atoms with Crippen LogP contribution in [-0.4, -0.2) is 34.7 Å². The first-order chi connectivity index (χ1) is 10.8. The first kappa shape index (κ1) is 13.1. The zero-order chi connectivity index (χ0) is 15.1. The molecule has 4 rings (SSSR count). The molecule has 2 aliphatic heterocycles. The van der Waals surface area contributed by atoms with Gasteiger partial charge in [-0.1, -0.05) is 36.4 Å². The van der Waals surface area contributed by atoms with Gasteiger partial charge in [0.1, 0.15) is 6.17 Å². The minimum absolute atomic E-state index is 0.0141. The molecule has 22 heavy (non-hydrogen) atoms. The zero-order valence-electron chi connectivity index (χ0n) is 12.1. The van der Waals surface area contributed by atoms with Crippen molar-refractivity contribution in [2.45, 2.75) is 12.6 Å². The topological polar surface area (TPSA) is 40.6 Å². The van der Waals surface area contributed by atoms with Crippen LogP contribution in [0.5, 0.6) is 0 Å². The molecule has 1 atom stereocenters. The minimum atomic E-state index is -0.259. The molecule has 2 aromatic carbocycles. The van der Waals surface area contributed by atoms with E-state index in [0.29, 0.717) is 18.7 Å². The molecular formula is C18H16N2O2. The second-order valence-electron chi connectivity index (χ2n) is 5.68. The Labute approximate surface area is 129 Å². The Morgan fingerprint density at radius 2 is 1.68 bits per heavy atom. The maximum atomic E-state index is 12.8. The lowest BCUT2D eigenvalue weighted by Crippen LogP contribution is -2.48. The fourth-order valence-corrected chi connectivity index (χ4v) is 3.40. The summed E-state index contributed by atoms with van der Waals surface area (Å²) in [6, 6.07) is 16.9. The Bertz CT molecular complexity index is 742. The predicted molar refractivity (Wildman–Crippen MR) is 82.3 cm³/mol. The van der Waals surface area contributed by atoms with Crippen LogP contribution in [0.2, 0.25) is 0 Å². The number of hydrogen-bond acceptors (Lipinski definition) is 2. The van der Waals surface area contributed by atoms with Gasteiger partial charge in [0.05, 0.1) is 0 Å². The maximum absolute atomic E-state index is 12.8. The smallest absolute Gasteiger partial charge is 0.256 e. The molecule has 110 valence electrons. The van der Waals surface area contributed by atoms with E-state index in [4.69, 9.17) is 0 Å². The molecule has 0 saturated carbocycles. The summed E-state index contributed by atoms with van der Waals surface area (Å²) in [6.07, 6.45) is 0.555. The number of amides is 2. The van der Waals surface area contributed by atoms with E-state index < -0.39 is 0 Å². The van der Waals surface area contributed by atoms with Gasteiger partial charge in [-0.3, -0.25) is 9.59 Å². The molecule has 0 spiro atoms. The van der Waals surface area contributed by atoms with Crippen LogP contribution in [0.1, 0.15) is 38.9 Å². The number of hydrogen-bond donors (Lipinski definition) is 0. The zero-order valence-corrected chi connectivity index (χ0v) is 12.1. The molecule has 4 heteroatoms. The van der Waals surface area contributed by atoms with Crippen LogP contribution >= 0.6 is 0 Å². The monoisotopic (exact) mass is 292 g/mol. The van der Waals surface area contributed by atoms with E-state index in [-0.39, 0.29) is 18.0 Å². The first-order valence-electron chi connectivity index (χ1n) is 7.53. The lowest BCUT2D eigenvalue weighted by atomic mass is 10.1. The van der Waals surface area contributed by atoms with Gasteiger partial charge < -0.3 is 9.80 Å². The Hall–Kier alpha value is -2.62. The van der Waals surface area contributed by atoms with Crippen LogP contribution in [0, 0.1) is 0 Å². The van der Waals surface area contributed by atoms with Crippen LogP contribution in [0.25, 0.3) is 0 Å². The van der Waals surface area contributed by atoms with Gasteiger partial charge in [0, 0.05) is 29.8 Å². The third kappa shape index (κ3) is 1.84. The third-order valence-corrected chi connectivity index (χ3v) is 4.40. The largest absolute Gasteiger partial charge is 0.314 e. The molecule has 0 aromatic heterocycles. The summed E-state index contributed by atoms with van der Waals surface area (Å²) in [7, 11) is 0. The SMILES string of the molecule is O=C(c1ccccc1)N1CCCN2C(=O)c3ccccc3C12. The van der Waals surface area contributed by atoms with Crippen molar-refractivity contribution in [3.05, 3.63) is 71.3 Å². The molecule has 4 nitrogen and oxygen atoms in total. The summed E-state index contributed by atoms with van der Waals surface area (Å²) in [6.45, 7) is 1.38. The Kier molecular flexibility index (Phi) is 2.96. The second kappa shape index (κ2) is 4.98. The van der Waals surface area contributed by atoms with Gasteiger partial charge in [-0.15, -0.1) is 0 Å². The molecule has 0 radical (unpaired) electrons. The van der Waals surface area contributed by atoms with Gasteiger partial charge in [0.2, 0.25) is 0 Å². The van der Waals surface area contributed by atoms with Crippen molar-refractivity contribution in [2.75, 3.05) is 13.1 Å². The fourth-order valence-electron chi connectivity index (χ4n) is 3.40. The second-order valence-corrected chi connectivity index (χ2v) is 5.68. The van der Waals surface area contributed by atoms with Crippen LogP contribution in [0.4, 0.5) is 0 Å². The number of carbonyl (C=O) groups is 2. The highest BCUT2D eigenvalue weighted by atomic mass is 16.2. The Morgan fingerprint density at radius 1 is 0.955 bits per heavy atom. The van der Waals surface area contributed by atoms with Crippen molar-refractivity contribution in [3.8, 4) is 0 Å². The summed E-state index contributed by atoms with van der Waals surface area (Å²) < 4.78 is 0. The molecule has 2 aromatic rings. The van der Waals surface area contributed by atoms with Gasteiger partial charge in [-0.25, -0.2) is 0 Å². The molecule has 2 aliphatic rings. The summed E-state index contributed by atoms with van der Waals surface area (Å²) in [5.74, 6) is 0.0194. The highest BCUT2D eigenvalue weighted by Gasteiger charge is 2.43. The number of benzene rings is 2. The van der Waals surface area contributed by atoms with Gasteiger partial charge in [-0.05, 0) is 24.6 Å². The standard InChI is InChI=1S/C18H16N2O2/c21-17(13-7-2-1-3-8-13)19-11-6-12-20-16(19)14-9-4-5-10-15(14)18(20)22/h1-5,7-10,16H,6,11-12H2. The summed E-state index contributed by atoms with van der Waals surface area (Å²) in [4.78, 5) is 29.0. The molecule has 0 aliphatic carbocycles. The van der Waals surface area contributed by atoms with E-state index in [1.54, 1.807) is 0 Å². The van der Waals surface area contributed by atoms with E-state index >= 15 is 0 Å². The number of nitrogens with zero attached hydrogens (tertiary/aromatic N) is 2. The van der Waals surface area contributed by atoms with E-state index in [9.17, 15) is 9.59 Å². The molecule has 1 saturated heterocycles. The van der Waals surface area contributed by atoms with Crippen molar-refractivity contribution in [1.82, 2.24) is 9.80 Å². The molecule has 1 unspecified atom stereocenters. The fraction of sp³-hybridized carbons (Fsp3) is 0.222. The molecule has 0 bridgehead atoms. The highest BCUT2D eigenvalue weighted by Crippen LogP contribution is 2.39. The van der Waals surface area contributed by atoms with E-state index in [1.165, 1.54) is 0 Å². The van der Waals surface area contributed by atoms with Gasteiger partial charge >= 0.3 is 0 Å². The average molecular weight is 292 g/mol. The number of carbonyl (C=O) groups excluding carboxylic acids is 2. The normalized spacial score (nSPS) is 19.8.